The summed E-state index contributed by atoms with van der Waals surface area (Å²) in [7, 11) is 0. The lowest BCUT2D eigenvalue weighted by molar-refractivity contribution is 0.239. The van der Waals surface area contributed by atoms with Crippen molar-refractivity contribution in [1.29, 1.82) is 0 Å². The van der Waals surface area contributed by atoms with Crippen LogP contribution in [0.1, 0.15) is 49.0 Å². The Balaban J connectivity index is 1.89. The number of pyridine rings is 1. The summed E-state index contributed by atoms with van der Waals surface area (Å²) in [4.78, 5) is 4.61. The summed E-state index contributed by atoms with van der Waals surface area (Å²) < 4.78 is 3.43. The summed E-state index contributed by atoms with van der Waals surface area (Å²) in [6.45, 7) is 2.02. The summed E-state index contributed by atoms with van der Waals surface area (Å²) in [5, 5.41) is 4.85. The lowest BCUT2D eigenvalue weighted by atomic mass is 9.80. The first-order chi connectivity index (χ1) is 9.24. The molecule has 1 saturated carbocycles. The normalized spacial score (nSPS) is 24.5. The quantitative estimate of drug-likeness (QED) is 0.788. The van der Waals surface area contributed by atoms with Crippen LogP contribution in [-0.2, 0) is 0 Å². The molecule has 98 valence electrons. The van der Waals surface area contributed by atoms with E-state index in [9.17, 15) is 0 Å². The Morgan fingerprint density at radius 2 is 2.00 bits per heavy atom. The second kappa shape index (κ2) is 4.17. The van der Waals surface area contributed by atoms with Crippen LogP contribution in [0.2, 0.25) is 0 Å². The Hall–Kier alpha value is -1.16. The molecule has 0 spiro atoms. The Bertz CT molecular complexity index is 639. The number of halogens is 1. The van der Waals surface area contributed by atoms with Crippen LogP contribution in [0.25, 0.3) is 11.4 Å². The standard InChI is InChI=1S/C15H16BrN3/c1-9-3-2-4-12(17-9)14-13(16)15-10-5-7-11(8-6-10)19(15)18-14/h2-4,10-11H,5-8H2,1H3. The third-order valence-corrected chi connectivity index (χ3v) is 5.23. The van der Waals surface area contributed by atoms with Crippen molar-refractivity contribution in [3.8, 4) is 11.4 Å². The molecule has 3 nitrogen and oxygen atoms in total. The molecule has 4 heteroatoms. The van der Waals surface area contributed by atoms with Crippen LogP contribution < -0.4 is 0 Å². The average Bonchev–Trinajstić information content (AvgIpc) is 2.80. The largest absolute Gasteiger partial charge is 0.264 e. The summed E-state index contributed by atoms with van der Waals surface area (Å²) >= 11 is 3.78. The van der Waals surface area contributed by atoms with Gasteiger partial charge in [0.15, 0.2) is 0 Å². The first-order valence-electron chi connectivity index (χ1n) is 6.96. The monoisotopic (exact) mass is 317 g/mol. The average molecular weight is 318 g/mol. The highest BCUT2D eigenvalue weighted by Gasteiger charge is 2.37. The molecule has 0 amide bonds. The molecule has 0 N–H and O–H groups in total. The van der Waals surface area contributed by atoms with E-state index in [0.717, 1.165) is 17.1 Å². The molecule has 2 aromatic heterocycles. The van der Waals surface area contributed by atoms with Crippen LogP contribution in [0.3, 0.4) is 0 Å². The molecule has 3 aliphatic rings. The van der Waals surface area contributed by atoms with E-state index in [2.05, 4.69) is 31.7 Å². The molecule has 0 saturated heterocycles. The fourth-order valence-corrected chi connectivity index (χ4v) is 4.29. The van der Waals surface area contributed by atoms with E-state index in [0.29, 0.717) is 12.0 Å². The minimum atomic E-state index is 0.606. The lowest BCUT2D eigenvalue weighted by Gasteiger charge is -2.37. The molecule has 0 radical (unpaired) electrons. The van der Waals surface area contributed by atoms with Gasteiger partial charge in [-0.3, -0.25) is 9.67 Å². The molecule has 1 aliphatic carbocycles. The van der Waals surface area contributed by atoms with Crippen LogP contribution in [-0.4, -0.2) is 14.8 Å². The summed E-state index contributed by atoms with van der Waals surface area (Å²) in [6.07, 6.45) is 5.20. The van der Waals surface area contributed by atoms with Crippen molar-refractivity contribution < 1.29 is 0 Å². The van der Waals surface area contributed by atoms with E-state index in [1.165, 1.54) is 35.8 Å². The Morgan fingerprint density at radius 1 is 1.21 bits per heavy atom. The molecular weight excluding hydrogens is 302 g/mol. The first kappa shape index (κ1) is 11.6. The fourth-order valence-electron chi connectivity index (χ4n) is 3.50. The van der Waals surface area contributed by atoms with Crippen LogP contribution in [0, 0.1) is 6.92 Å². The predicted octanol–water partition coefficient (Wildman–Crippen LogP) is 4.23. The Morgan fingerprint density at radius 3 is 2.68 bits per heavy atom. The minimum absolute atomic E-state index is 0.606. The van der Waals surface area contributed by atoms with E-state index in [1.807, 2.05) is 19.1 Å². The third-order valence-electron chi connectivity index (χ3n) is 4.45. The van der Waals surface area contributed by atoms with Crippen molar-refractivity contribution in [1.82, 2.24) is 14.8 Å². The van der Waals surface area contributed by atoms with E-state index in [-0.39, 0.29) is 0 Å². The molecule has 2 aromatic rings. The first-order valence-corrected chi connectivity index (χ1v) is 7.75. The SMILES string of the molecule is Cc1cccc(-c2nn3c(c2Br)C2CCC3CC2)n1. The minimum Gasteiger partial charge on any atom is -0.264 e. The van der Waals surface area contributed by atoms with Gasteiger partial charge in [0.2, 0.25) is 0 Å². The van der Waals surface area contributed by atoms with Crippen molar-refractivity contribution in [2.45, 2.75) is 44.6 Å². The second-order valence-electron chi connectivity index (χ2n) is 5.66. The lowest BCUT2D eigenvalue weighted by Crippen LogP contribution is -2.28. The number of aromatic nitrogens is 3. The van der Waals surface area contributed by atoms with Crippen LogP contribution in [0.4, 0.5) is 0 Å². The molecule has 0 unspecified atom stereocenters. The predicted molar refractivity (Wildman–Crippen MR) is 78.1 cm³/mol. The van der Waals surface area contributed by atoms with Gasteiger partial charge in [0.05, 0.1) is 21.9 Å². The van der Waals surface area contributed by atoms with E-state index in [4.69, 9.17) is 5.10 Å². The van der Waals surface area contributed by atoms with Gasteiger partial charge in [-0.2, -0.15) is 5.10 Å². The van der Waals surface area contributed by atoms with Gasteiger partial charge in [0.1, 0.15) is 5.69 Å². The second-order valence-corrected chi connectivity index (χ2v) is 6.46. The molecular formula is C15H16BrN3. The number of hydrogen-bond acceptors (Lipinski definition) is 2. The zero-order valence-electron chi connectivity index (χ0n) is 10.9. The van der Waals surface area contributed by atoms with Gasteiger partial charge in [-0.15, -0.1) is 0 Å². The van der Waals surface area contributed by atoms with E-state index < -0.39 is 0 Å². The molecule has 2 aliphatic heterocycles. The van der Waals surface area contributed by atoms with Gasteiger partial charge < -0.3 is 0 Å². The maximum Gasteiger partial charge on any atom is 0.125 e. The summed E-state index contributed by atoms with van der Waals surface area (Å²) in [6, 6.07) is 6.73. The Kier molecular flexibility index (Phi) is 2.56. The maximum absolute atomic E-state index is 4.85. The smallest absolute Gasteiger partial charge is 0.125 e. The van der Waals surface area contributed by atoms with E-state index >= 15 is 0 Å². The van der Waals surface area contributed by atoms with Crippen molar-refractivity contribution in [3.63, 3.8) is 0 Å². The number of aryl methyl sites for hydroxylation is 1. The number of rotatable bonds is 1. The summed E-state index contributed by atoms with van der Waals surface area (Å²) in [5.74, 6) is 0.686. The van der Waals surface area contributed by atoms with E-state index in [1.54, 1.807) is 0 Å². The topological polar surface area (TPSA) is 30.7 Å². The van der Waals surface area contributed by atoms with Crippen molar-refractivity contribution in [2.24, 2.45) is 0 Å². The number of nitrogens with zero attached hydrogens (tertiary/aromatic N) is 3. The zero-order chi connectivity index (χ0) is 13.0. The maximum atomic E-state index is 4.85. The highest BCUT2D eigenvalue weighted by molar-refractivity contribution is 9.10. The van der Waals surface area contributed by atoms with Crippen LogP contribution >= 0.6 is 15.9 Å². The molecule has 5 rings (SSSR count). The molecule has 2 bridgehead atoms. The van der Waals surface area contributed by atoms with Gasteiger partial charge in [0, 0.05) is 11.6 Å². The number of fused-ring (bicyclic) bond motifs is 2. The van der Waals surface area contributed by atoms with Gasteiger partial charge in [-0.1, -0.05) is 6.07 Å². The van der Waals surface area contributed by atoms with Gasteiger partial charge in [-0.05, 0) is 60.7 Å². The van der Waals surface area contributed by atoms with Gasteiger partial charge in [-0.25, -0.2) is 0 Å². The highest BCUT2D eigenvalue weighted by atomic mass is 79.9. The number of hydrogen-bond donors (Lipinski definition) is 0. The molecule has 19 heavy (non-hydrogen) atoms. The van der Waals surface area contributed by atoms with Crippen LogP contribution in [0.15, 0.2) is 22.7 Å². The zero-order valence-corrected chi connectivity index (χ0v) is 12.5. The fraction of sp³-hybridized carbons (Fsp3) is 0.467. The molecule has 1 fully saturated rings. The summed E-state index contributed by atoms with van der Waals surface area (Å²) in [5.41, 5.74) is 4.44. The van der Waals surface area contributed by atoms with Crippen LogP contribution in [0.5, 0.6) is 0 Å². The third kappa shape index (κ3) is 1.69. The molecule has 0 atom stereocenters. The van der Waals surface area contributed by atoms with Crippen molar-refractivity contribution in [3.05, 3.63) is 34.1 Å². The van der Waals surface area contributed by atoms with Gasteiger partial charge >= 0.3 is 0 Å². The Labute approximate surface area is 121 Å². The highest BCUT2D eigenvalue weighted by Crippen LogP contribution is 2.49. The molecule has 4 heterocycles. The van der Waals surface area contributed by atoms with Crippen molar-refractivity contribution >= 4 is 15.9 Å². The van der Waals surface area contributed by atoms with Crippen molar-refractivity contribution in [2.75, 3.05) is 0 Å². The van der Waals surface area contributed by atoms with Gasteiger partial charge in [0.25, 0.3) is 0 Å². The molecule has 0 aromatic carbocycles.